The Bertz CT molecular complexity index is 214. The zero-order chi connectivity index (χ0) is 12.1. The monoisotopic (exact) mass is 240 g/mol. The maximum Gasteiger partial charge on any atom is 0.0506 e. The third kappa shape index (κ3) is 3.67. The summed E-state index contributed by atoms with van der Waals surface area (Å²) in [5, 5.41) is 3.27. The summed E-state index contributed by atoms with van der Waals surface area (Å²) < 4.78 is 5.54. The summed E-state index contributed by atoms with van der Waals surface area (Å²) in [5.41, 5.74) is 0. The molecule has 2 unspecified atom stereocenters. The van der Waals surface area contributed by atoms with Crippen molar-refractivity contribution in [3.63, 3.8) is 0 Å². The number of hydrogen-bond donors (Lipinski definition) is 1. The van der Waals surface area contributed by atoms with Crippen molar-refractivity contribution < 1.29 is 4.74 Å². The lowest BCUT2D eigenvalue weighted by Crippen LogP contribution is -2.48. The van der Waals surface area contributed by atoms with Gasteiger partial charge in [-0.25, -0.2) is 0 Å². The second kappa shape index (κ2) is 6.72. The van der Waals surface area contributed by atoms with Crippen LogP contribution < -0.4 is 5.32 Å². The van der Waals surface area contributed by atoms with E-state index in [9.17, 15) is 0 Å². The molecule has 0 aliphatic carbocycles. The molecular formula is C14H28N2O. The Labute approximate surface area is 106 Å². The number of ether oxygens (including phenoxy) is 1. The van der Waals surface area contributed by atoms with Crippen LogP contribution in [0.3, 0.4) is 0 Å². The smallest absolute Gasteiger partial charge is 0.0506 e. The molecule has 3 heteroatoms. The summed E-state index contributed by atoms with van der Waals surface area (Å²) in [6.45, 7) is 8.07. The van der Waals surface area contributed by atoms with Crippen molar-refractivity contribution in [2.45, 2.75) is 38.6 Å². The normalized spacial score (nSPS) is 32.8. The fourth-order valence-electron chi connectivity index (χ4n) is 3.33. The fourth-order valence-corrected chi connectivity index (χ4v) is 3.33. The first-order valence-corrected chi connectivity index (χ1v) is 7.27. The summed E-state index contributed by atoms with van der Waals surface area (Å²) in [6, 6.07) is 0.786. The average Bonchev–Trinajstić information content (AvgIpc) is 2.38. The van der Waals surface area contributed by atoms with E-state index in [-0.39, 0.29) is 0 Å². The molecule has 2 fully saturated rings. The Morgan fingerprint density at radius 2 is 2.00 bits per heavy atom. The number of nitrogens with zero attached hydrogens (tertiary/aromatic N) is 1. The fraction of sp³-hybridized carbons (Fsp3) is 1.00. The molecule has 100 valence electrons. The zero-order valence-corrected chi connectivity index (χ0v) is 11.5. The van der Waals surface area contributed by atoms with Crippen molar-refractivity contribution in [3.8, 4) is 0 Å². The Morgan fingerprint density at radius 1 is 1.24 bits per heavy atom. The van der Waals surface area contributed by atoms with Crippen LogP contribution in [-0.2, 0) is 4.74 Å². The number of nitrogens with one attached hydrogen (secondary N) is 1. The second-order valence-electron chi connectivity index (χ2n) is 5.78. The van der Waals surface area contributed by atoms with Gasteiger partial charge in [0.15, 0.2) is 0 Å². The molecule has 1 N–H and O–H groups in total. The van der Waals surface area contributed by atoms with Crippen LogP contribution in [-0.4, -0.2) is 50.8 Å². The molecule has 0 amide bonds. The molecule has 0 saturated carbocycles. The second-order valence-corrected chi connectivity index (χ2v) is 5.78. The van der Waals surface area contributed by atoms with Gasteiger partial charge in [-0.3, -0.25) is 4.90 Å². The zero-order valence-electron chi connectivity index (χ0n) is 11.5. The molecule has 0 aromatic carbocycles. The van der Waals surface area contributed by atoms with Crippen LogP contribution in [0.4, 0.5) is 0 Å². The van der Waals surface area contributed by atoms with E-state index >= 15 is 0 Å². The molecule has 0 spiro atoms. The summed E-state index contributed by atoms with van der Waals surface area (Å²) in [4.78, 5) is 2.73. The van der Waals surface area contributed by atoms with Crippen LogP contribution in [0.2, 0.25) is 0 Å². The van der Waals surface area contributed by atoms with Crippen LogP contribution in [0.25, 0.3) is 0 Å². The molecule has 0 radical (unpaired) electrons. The van der Waals surface area contributed by atoms with Gasteiger partial charge in [0, 0.05) is 12.6 Å². The highest BCUT2D eigenvalue weighted by atomic mass is 16.5. The molecule has 2 aliphatic rings. The van der Waals surface area contributed by atoms with Crippen molar-refractivity contribution >= 4 is 0 Å². The molecule has 17 heavy (non-hydrogen) atoms. The highest BCUT2D eigenvalue weighted by Gasteiger charge is 2.30. The van der Waals surface area contributed by atoms with Gasteiger partial charge in [-0.1, -0.05) is 6.92 Å². The molecule has 2 atom stereocenters. The number of rotatable bonds is 4. The predicted molar refractivity (Wildman–Crippen MR) is 71.2 cm³/mol. The number of piperidine rings is 1. The number of hydrogen-bond acceptors (Lipinski definition) is 3. The maximum absolute atomic E-state index is 5.54. The molecule has 0 aromatic heterocycles. The van der Waals surface area contributed by atoms with Gasteiger partial charge in [0.1, 0.15) is 0 Å². The molecule has 3 nitrogen and oxygen atoms in total. The summed E-state index contributed by atoms with van der Waals surface area (Å²) in [5.74, 6) is 1.67. The first-order valence-electron chi connectivity index (χ1n) is 7.27. The summed E-state index contributed by atoms with van der Waals surface area (Å²) in [7, 11) is 2.05. The standard InChI is InChI=1S/C14H28N2O/c1-12-11-17-10-6-14(12)16-8-4-13(5-9-16)3-7-15-2/h12-15H,3-11H2,1-2H3. The lowest BCUT2D eigenvalue weighted by molar-refractivity contribution is -0.0167. The van der Waals surface area contributed by atoms with Gasteiger partial charge in [0.05, 0.1) is 6.61 Å². The van der Waals surface area contributed by atoms with Gasteiger partial charge in [0.25, 0.3) is 0 Å². The van der Waals surface area contributed by atoms with Crippen LogP contribution in [0.5, 0.6) is 0 Å². The predicted octanol–water partition coefficient (Wildman–Crippen LogP) is 1.73. The molecule has 2 saturated heterocycles. The number of likely N-dealkylation sites (tertiary alicyclic amines) is 1. The van der Waals surface area contributed by atoms with E-state index in [1.54, 1.807) is 0 Å². The van der Waals surface area contributed by atoms with Gasteiger partial charge < -0.3 is 10.1 Å². The van der Waals surface area contributed by atoms with E-state index in [1.807, 2.05) is 0 Å². The van der Waals surface area contributed by atoms with Gasteiger partial charge in [0.2, 0.25) is 0 Å². The van der Waals surface area contributed by atoms with Crippen molar-refractivity contribution in [1.29, 1.82) is 0 Å². The molecule has 2 rings (SSSR count). The topological polar surface area (TPSA) is 24.5 Å². The van der Waals surface area contributed by atoms with Gasteiger partial charge in [-0.05, 0) is 64.2 Å². The third-order valence-corrected chi connectivity index (χ3v) is 4.52. The van der Waals surface area contributed by atoms with E-state index in [0.717, 1.165) is 31.1 Å². The third-order valence-electron chi connectivity index (χ3n) is 4.52. The van der Waals surface area contributed by atoms with E-state index < -0.39 is 0 Å². The van der Waals surface area contributed by atoms with Crippen molar-refractivity contribution in [1.82, 2.24) is 10.2 Å². The molecule has 0 bridgehead atoms. The molecular weight excluding hydrogens is 212 g/mol. The van der Waals surface area contributed by atoms with E-state index in [0.29, 0.717) is 0 Å². The highest BCUT2D eigenvalue weighted by molar-refractivity contribution is 4.83. The summed E-state index contributed by atoms with van der Waals surface area (Å²) >= 11 is 0. The SMILES string of the molecule is CNCCC1CCN(C2CCOCC2C)CC1. The molecule has 0 aromatic rings. The Balaban J connectivity index is 1.74. The average molecular weight is 240 g/mol. The Kier molecular flexibility index (Phi) is 5.26. The lowest BCUT2D eigenvalue weighted by Gasteiger charge is -2.42. The molecule has 2 aliphatic heterocycles. The van der Waals surface area contributed by atoms with Crippen molar-refractivity contribution in [2.75, 3.05) is 39.9 Å². The minimum Gasteiger partial charge on any atom is -0.381 e. The Hall–Kier alpha value is -0.120. The van der Waals surface area contributed by atoms with E-state index in [4.69, 9.17) is 4.74 Å². The van der Waals surface area contributed by atoms with Gasteiger partial charge >= 0.3 is 0 Å². The lowest BCUT2D eigenvalue weighted by atomic mass is 9.89. The summed E-state index contributed by atoms with van der Waals surface area (Å²) in [6.07, 6.45) is 5.38. The quantitative estimate of drug-likeness (QED) is 0.810. The largest absolute Gasteiger partial charge is 0.381 e. The van der Waals surface area contributed by atoms with Gasteiger partial charge in [-0.15, -0.1) is 0 Å². The van der Waals surface area contributed by atoms with Crippen molar-refractivity contribution in [2.24, 2.45) is 11.8 Å². The minimum absolute atomic E-state index is 0.720. The van der Waals surface area contributed by atoms with Crippen LogP contribution >= 0.6 is 0 Å². The molecule has 2 heterocycles. The minimum atomic E-state index is 0.720. The van der Waals surface area contributed by atoms with Crippen LogP contribution in [0, 0.1) is 11.8 Å². The first-order chi connectivity index (χ1) is 8.31. The van der Waals surface area contributed by atoms with Gasteiger partial charge in [-0.2, -0.15) is 0 Å². The Morgan fingerprint density at radius 3 is 2.65 bits per heavy atom. The van der Waals surface area contributed by atoms with Crippen LogP contribution in [0.1, 0.15) is 32.6 Å². The first kappa shape index (κ1) is 13.3. The highest BCUT2D eigenvalue weighted by Crippen LogP contribution is 2.27. The van der Waals surface area contributed by atoms with E-state index in [2.05, 4.69) is 24.2 Å². The van der Waals surface area contributed by atoms with Crippen molar-refractivity contribution in [3.05, 3.63) is 0 Å². The van der Waals surface area contributed by atoms with E-state index in [1.165, 1.54) is 45.3 Å². The van der Waals surface area contributed by atoms with Crippen LogP contribution in [0.15, 0.2) is 0 Å². The maximum atomic E-state index is 5.54.